The molecule has 2 nitrogen and oxygen atoms in total. The molecular formula is C15H21NO. The van der Waals surface area contributed by atoms with Crippen LogP contribution in [0.25, 0.3) is 0 Å². The number of hydrogen-bond acceptors (Lipinski definition) is 2. The molecular weight excluding hydrogens is 210 g/mol. The monoisotopic (exact) mass is 231 g/mol. The van der Waals surface area contributed by atoms with E-state index >= 15 is 0 Å². The summed E-state index contributed by atoms with van der Waals surface area (Å²) in [6, 6.07) is 8.34. The second-order valence-corrected chi connectivity index (χ2v) is 5.46. The van der Waals surface area contributed by atoms with Gasteiger partial charge in [0.15, 0.2) is 0 Å². The van der Waals surface area contributed by atoms with Gasteiger partial charge in [0.05, 0.1) is 6.10 Å². The maximum Gasteiger partial charge on any atom is 0.0826 e. The molecule has 0 amide bonds. The summed E-state index contributed by atoms with van der Waals surface area (Å²) in [5, 5.41) is 10.0. The Morgan fingerprint density at radius 3 is 2.71 bits per heavy atom. The van der Waals surface area contributed by atoms with E-state index in [0.717, 1.165) is 24.4 Å². The molecule has 0 bridgehead atoms. The fourth-order valence-corrected chi connectivity index (χ4v) is 3.31. The third kappa shape index (κ3) is 2.19. The fraction of sp³-hybridized carbons (Fsp3) is 0.600. The summed E-state index contributed by atoms with van der Waals surface area (Å²) in [6.45, 7) is 2.19. The minimum absolute atomic E-state index is 0.258. The molecule has 0 saturated heterocycles. The maximum atomic E-state index is 10.0. The Bertz CT molecular complexity index is 384. The molecule has 3 rings (SSSR count). The summed E-state index contributed by atoms with van der Waals surface area (Å²) in [7, 11) is 0. The number of aliphatic hydroxyl groups excluding tert-OH is 1. The summed E-state index contributed by atoms with van der Waals surface area (Å²) < 4.78 is 0. The van der Waals surface area contributed by atoms with Gasteiger partial charge in [-0.15, -0.1) is 0 Å². The molecule has 1 N–H and O–H groups in total. The predicted octanol–water partition coefficient (Wildman–Crippen LogP) is 3.12. The number of hydrogen-bond donors (Lipinski definition) is 1. The number of aliphatic hydroxyl groups is 1. The van der Waals surface area contributed by atoms with Crippen LogP contribution in [0.3, 0.4) is 0 Å². The first kappa shape index (κ1) is 11.1. The van der Waals surface area contributed by atoms with E-state index in [9.17, 15) is 5.11 Å². The number of fused-ring (bicyclic) bond motifs is 1. The van der Waals surface area contributed by atoms with E-state index in [1.54, 1.807) is 0 Å². The Kier molecular flexibility index (Phi) is 3.06. The molecule has 1 aliphatic heterocycles. The lowest BCUT2D eigenvalue weighted by Gasteiger charge is -2.35. The molecule has 1 saturated carbocycles. The Hall–Kier alpha value is -1.02. The van der Waals surface area contributed by atoms with Gasteiger partial charge in [-0.05, 0) is 31.2 Å². The van der Waals surface area contributed by atoms with Crippen molar-refractivity contribution in [1.29, 1.82) is 0 Å². The molecule has 1 heterocycles. The smallest absolute Gasteiger partial charge is 0.0826 e. The molecule has 1 aromatic rings. The molecule has 2 aliphatic rings. The van der Waals surface area contributed by atoms with Crippen LogP contribution >= 0.6 is 0 Å². The second-order valence-electron chi connectivity index (χ2n) is 5.46. The van der Waals surface area contributed by atoms with Crippen molar-refractivity contribution in [2.75, 3.05) is 18.0 Å². The number of nitrogens with zero attached hydrogens (tertiary/aromatic N) is 1. The predicted molar refractivity (Wildman–Crippen MR) is 70.2 cm³/mol. The molecule has 1 aliphatic carbocycles. The number of benzene rings is 1. The number of para-hydroxylation sites is 1. The van der Waals surface area contributed by atoms with Gasteiger partial charge in [-0.25, -0.2) is 0 Å². The van der Waals surface area contributed by atoms with Crippen LogP contribution in [-0.4, -0.2) is 18.2 Å². The van der Waals surface area contributed by atoms with Crippen molar-refractivity contribution in [2.45, 2.75) is 38.2 Å². The van der Waals surface area contributed by atoms with Gasteiger partial charge in [0.25, 0.3) is 0 Å². The molecule has 17 heavy (non-hydrogen) atoms. The van der Waals surface area contributed by atoms with E-state index < -0.39 is 0 Å². The highest BCUT2D eigenvalue weighted by atomic mass is 16.3. The molecule has 1 atom stereocenters. The van der Waals surface area contributed by atoms with E-state index in [0.29, 0.717) is 0 Å². The van der Waals surface area contributed by atoms with Crippen molar-refractivity contribution in [1.82, 2.24) is 0 Å². The number of anilines is 1. The van der Waals surface area contributed by atoms with Crippen LogP contribution in [0.5, 0.6) is 0 Å². The highest BCUT2D eigenvalue weighted by Gasteiger charge is 2.25. The largest absolute Gasteiger partial charge is 0.388 e. The van der Waals surface area contributed by atoms with Gasteiger partial charge in [-0.1, -0.05) is 31.0 Å². The van der Waals surface area contributed by atoms with Gasteiger partial charge < -0.3 is 10.0 Å². The van der Waals surface area contributed by atoms with Gasteiger partial charge in [0.2, 0.25) is 0 Å². The van der Waals surface area contributed by atoms with Gasteiger partial charge in [-0.3, -0.25) is 0 Å². The SMILES string of the molecule is OC1CCN(CC2CCCC2)c2ccccc21. The standard InChI is InChI=1S/C15H21NO/c17-15-9-10-16(11-12-5-1-2-6-12)14-8-4-3-7-13(14)15/h3-4,7-8,12,15,17H,1-2,5-6,9-11H2. The van der Waals surface area contributed by atoms with E-state index in [1.807, 2.05) is 6.07 Å². The average Bonchev–Trinajstić information content (AvgIpc) is 2.86. The quantitative estimate of drug-likeness (QED) is 0.845. The minimum Gasteiger partial charge on any atom is -0.388 e. The maximum absolute atomic E-state index is 10.0. The summed E-state index contributed by atoms with van der Waals surface area (Å²) in [6.07, 6.45) is 6.21. The van der Waals surface area contributed by atoms with Crippen LogP contribution in [0.1, 0.15) is 43.8 Å². The average molecular weight is 231 g/mol. The summed E-state index contributed by atoms with van der Waals surface area (Å²) >= 11 is 0. The Morgan fingerprint density at radius 1 is 1.12 bits per heavy atom. The normalized spacial score (nSPS) is 25.0. The first-order valence-electron chi connectivity index (χ1n) is 6.86. The molecule has 2 heteroatoms. The lowest BCUT2D eigenvalue weighted by Crippen LogP contribution is -2.34. The molecule has 1 aromatic carbocycles. The van der Waals surface area contributed by atoms with E-state index in [1.165, 1.54) is 37.9 Å². The fourth-order valence-electron chi connectivity index (χ4n) is 3.31. The highest BCUT2D eigenvalue weighted by Crippen LogP contribution is 2.35. The van der Waals surface area contributed by atoms with Crippen molar-refractivity contribution in [3.63, 3.8) is 0 Å². The van der Waals surface area contributed by atoms with Crippen LogP contribution in [0.2, 0.25) is 0 Å². The first-order chi connectivity index (χ1) is 8.34. The lowest BCUT2D eigenvalue weighted by atomic mass is 9.97. The minimum atomic E-state index is -0.258. The van der Waals surface area contributed by atoms with Gasteiger partial charge in [0, 0.05) is 24.3 Å². The molecule has 0 aromatic heterocycles. The van der Waals surface area contributed by atoms with Crippen LogP contribution in [0, 0.1) is 5.92 Å². The third-order valence-electron chi connectivity index (χ3n) is 4.26. The molecule has 0 radical (unpaired) electrons. The van der Waals surface area contributed by atoms with Gasteiger partial charge in [-0.2, -0.15) is 0 Å². The van der Waals surface area contributed by atoms with Crippen LogP contribution in [0.4, 0.5) is 5.69 Å². The van der Waals surface area contributed by atoms with Gasteiger partial charge >= 0.3 is 0 Å². The molecule has 92 valence electrons. The Labute approximate surface area is 103 Å². The van der Waals surface area contributed by atoms with E-state index in [4.69, 9.17) is 0 Å². The second kappa shape index (κ2) is 4.69. The lowest BCUT2D eigenvalue weighted by molar-refractivity contribution is 0.163. The Balaban J connectivity index is 1.79. The van der Waals surface area contributed by atoms with E-state index in [-0.39, 0.29) is 6.10 Å². The van der Waals surface area contributed by atoms with Crippen molar-refractivity contribution >= 4 is 5.69 Å². The number of rotatable bonds is 2. The molecule has 1 unspecified atom stereocenters. The first-order valence-corrected chi connectivity index (χ1v) is 6.86. The topological polar surface area (TPSA) is 23.5 Å². The van der Waals surface area contributed by atoms with Crippen molar-refractivity contribution in [2.24, 2.45) is 5.92 Å². The summed E-state index contributed by atoms with van der Waals surface area (Å²) in [5.74, 6) is 0.873. The van der Waals surface area contributed by atoms with Crippen molar-refractivity contribution < 1.29 is 5.11 Å². The van der Waals surface area contributed by atoms with Crippen LogP contribution in [0.15, 0.2) is 24.3 Å². The van der Waals surface area contributed by atoms with Crippen molar-refractivity contribution in [3.05, 3.63) is 29.8 Å². The Morgan fingerprint density at radius 2 is 1.88 bits per heavy atom. The third-order valence-corrected chi connectivity index (χ3v) is 4.26. The van der Waals surface area contributed by atoms with E-state index in [2.05, 4.69) is 23.1 Å². The molecule has 1 fully saturated rings. The summed E-state index contributed by atoms with van der Waals surface area (Å²) in [4.78, 5) is 2.48. The zero-order valence-corrected chi connectivity index (χ0v) is 10.3. The van der Waals surface area contributed by atoms with Crippen LogP contribution < -0.4 is 4.90 Å². The zero-order valence-electron chi connectivity index (χ0n) is 10.3. The summed E-state index contributed by atoms with van der Waals surface area (Å²) in [5.41, 5.74) is 2.38. The molecule has 0 spiro atoms. The van der Waals surface area contributed by atoms with Crippen molar-refractivity contribution in [3.8, 4) is 0 Å². The zero-order chi connectivity index (χ0) is 11.7. The highest BCUT2D eigenvalue weighted by molar-refractivity contribution is 5.56. The van der Waals surface area contributed by atoms with Gasteiger partial charge in [0.1, 0.15) is 0 Å². The van der Waals surface area contributed by atoms with Crippen LogP contribution in [-0.2, 0) is 0 Å².